The van der Waals surface area contributed by atoms with Crippen LogP contribution in [0, 0.1) is 17.7 Å². The first-order chi connectivity index (χ1) is 17.3. The normalized spacial score (nSPS) is 21.8. The van der Waals surface area contributed by atoms with Gasteiger partial charge in [0.15, 0.2) is 0 Å². The van der Waals surface area contributed by atoms with Crippen LogP contribution < -0.4 is 9.46 Å². The van der Waals surface area contributed by atoms with Crippen molar-refractivity contribution in [2.45, 2.75) is 81.4 Å². The highest BCUT2D eigenvalue weighted by Gasteiger charge is 2.28. The lowest BCUT2D eigenvalue weighted by Crippen LogP contribution is -2.16. The molecular formula is C27H35FN2O5S. The van der Waals surface area contributed by atoms with Gasteiger partial charge in [-0.25, -0.2) is 17.6 Å². The molecule has 9 heteroatoms. The molecule has 7 nitrogen and oxygen atoms in total. The Bertz CT molecular complexity index is 1180. The van der Waals surface area contributed by atoms with Gasteiger partial charge in [-0.05, 0) is 54.7 Å². The maximum atomic E-state index is 14.2. The van der Waals surface area contributed by atoms with Crippen LogP contribution >= 0.6 is 0 Å². The van der Waals surface area contributed by atoms with Crippen LogP contribution in [0.15, 0.2) is 35.5 Å². The third kappa shape index (κ3) is 6.17. The number of aromatic carboxylic acids is 1. The van der Waals surface area contributed by atoms with Gasteiger partial charge in [-0.3, -0.25) is 9.71 Å². The molecule has 36 heavy (non-hydrogen) atoms. The Kier molecular flexibility index (Phi) is 8.49. The molecule has 2 N–H and O–H groups in total. The number of methoxy groups -OCH3 is 1. The van der Waals surface area contributed by atoms with Gasteiger partial charge in [0.1, 0.15) is 16.5 Å². The van der Waals surface area contributed by atoms with Crippen molar-refractivity contribution in [1.82, 2.24) is 4.98 Å². The van der Waals surface area contributed by atoms with Crippen LogP contribution in [0.1, 0.15) is 92.5 Å². The van der Waals surface area contributed by atoms with Crippen LogP contribution in [0.2, 0.25) is 0 Å². The molecule has 4 rings (SSSR count). The summed E-state index contributed by atoms with van der Waals surface area (Å²) in [5, 5.41) is 9.12. The fourth-order valence-electron chi connectivity index (χ4n) is 5.89. The second-order valence-electron chi connectivity index (χ2n) is 10.1. The summed E-state index contributed by atoms with van der Waals surface area (Å²) in [5.74, 6) is -0.787. The Morgan fingerprint density at radius 3 is 2.36 bits per heavy atom. The summed E-state index contributed by atoms with van der Waals surface area (Å²) in [6.07, 6.45) is 16.7. The topological polar surface area (TPSA) is 106 Å². The zero-order chi connectivity index (χ0) is 25.7. The number of anilines is 1. The first kappa shape index (κ1) is 26.4. The van der Waals surface area contributed by atoms with E-state index < -0.39 is 27.4 Å². The second-order valence-corrected chi connectivity index (χ2v) is 11.8. The second kappa shape index (κ2) is 11.6. The van der Waals surface area contributed by atoms with Crippen molar-refractivity contribution in [2.75, 3.05) is 11.8 Å². The number of carboxylic acid groups (broad SMARTS) is 1. The summed E-state index contributed by atoms with van der Waals surface area (Å²) in [7, 11) is -2.85. The summed E-state index contributed by atoms with van der Waals surface area (Å²) in [5.41, 5.74) is 0.124. The SMILES string of the molecule is COc1cc(C(=O)O)c(F)cc1NS(=O)(=O)c1cncc(C2CCCC(C3CCCCCC3)CC2)c1. The van der Waals surface area contributed by atoms with E-state index >= 15 is 0 Å². The van der Waals surface area contributed by atoms with Gasteiger partial charge < -0.3 is 9.84 Å². The number of carboxylic acids is 1. The van der Waals surface area contributed by atoms with E-state index in [0.717, 1.165) is 55.2 Å². The molecule has 0 radical (unpaired) electrons. The first-order valence-electron chi connectivity index (χ1n) is 12.9. The van der Waals surface area contributed by atoms with E-state index in [4.69, 9.17) is 9.84 Å². The Hall–Kier alpha value is -2.68. The number of nitrogens with one attached hydrogen (secondary N) is 1. The molecule has 2 saturated carbocycles. The highest BCUT2D eigenvalue weighted by molar-refractivity contribution is 7.92. The summed E-state index contributed by atoms with van der Waals surface area (Å²) in [4.78, 5) is 15.4. The summed E-state index contributed by atoms with van der Waals surface area (Å²) < 4.78 is 48.0. The number of rotatable bonds is 7. The van der Waals surface area contributed by atoms with Gasteiger partial charge in [-0.2, -0.15) is 0 Å². The number of sulfonamides is 1. The predicted octanol–water partition coefficient (Wildman–Crippen LogP) is 6.36. The third-order valence-corrected chi connectivity index (χ3v) is 9.19. The lowest BCUT2D eigenvalue weighted by atomic mass is 9.81. The van der Waals surface area contributed by atoms with Crippen LogP contribution in [0.3, 0.4) is 0 Å². The lowest BCUT2D eigenvalue weighted by molar-refractivity contribution is 0.0691. The van der Waals surface area contributed by atoms with E-state index in [1.807, 2.05) is 0 Å². The van der Waals surface area contributed by atoms with Crippen LogP contribution in [-0.4, -0.2) is 31.6 Å². The average Bonchev–Trinajstić information content (AvgIpc) is 3.27. The van der Waals surface area contributed by atoms with Crippen molar-refractivity contribution < 1.29 is 27.4 Å². The minimum atomic E-state index is -4.10. The molecule has 2 aliphatic rings. The van der Waals surface area contributed by atoms with Crippen molar-refractivity contribution in [3.05, 3.63) is 47.5 Å². The van der Waals surface area contributed by atoms with Crippen molar-refractivity contribution >= 4 is 21.7 Å². The Morgan fingerprint density at radius 2 is 1.67 bits per heavy atom. The fourth-order valence-corrected chi connectivity index (χ4v) is 6.95. The minimum absolute atomic E-state index is 0.0191. The van der Waals surface area contributed by atoms with E-state index in [2.05, 4.69) is 9.71 Å². The van der Waals surface area contributed by atoms with Crippen LogP contribution in [0.4, 0.5) is 10.1 Å². The number of hydrogen-bond donors (Lipinski definition) is 2. The molecule has 2 aromatic rings. The number of benzene rings is 1. The number of ether oxygens (including phenoxy) is 1. The molecule has 0 aliphatic heterocycles. The van der Waals surface area contributed by atoms with Crippen molar-refractivity contribution in [2.24, 2.45) is 11.8 Å². The summed E-state index contributed by atoms with van der Waals surface area (Å²) >= 11 is 0. The van der Waals surface area contributed by atoms with E-state index in [0.29, 0.717) is 0 Å². The summed E-state index contributed by atoms with van der Waals surface area (Å²) in [6, 6.07) is 3.43. The number of hydrogen-bond acceptors (Lipinski definition) is 5. The quantitative estimate of drug-likeness (QED) is 0.413. The zero-order valence-electron chi connectivity index (χ0n) is 20.7. The van der Waals surface area contributed by atoms with Gasteiger partial charge in [0.25, 0.3) is 10.0 Å². The van der Waals surface area contributed by atoms with Gasteiger partial charge in [-0.1, -0.05) is 51.4 Å². The molecular weight excluding hydrogens is 483 g/mol. The molecule has 1 aromatic heterocycles. The fraction of sp³-hybridized carbons (Fsp3) is 0.556. The molecule has 2 unspecified atom stereocenters. The molecule has 2 atom stereocenters. The molecule has 196 valence electrons. The molecule has 2 fully saturated rings. The third-order valence-electron chi connectivity index (χ3n) is 7.86. The first-order valence-corrected chi connectivity index (χ1v) is 14.4. The van der Waals surface area contributed by atoms with E-state index in [1.54, 1.807) is 12.3 Å². The number of nitrogens with zero attached hydrogens (tertiary/aromatic N) is 1. The van der Waals surface area contributed by atoms with Crippen molar-refractivity contribution in [3.8, 4) is 5.75 Å². The van der Waals surface area contributed by atoms with E-state index in [-0.39, 0.29) is 22.3 Å². The zero-order valence-corrected chi connectivity index (χ0v) is 21.5. The number of aromatic nitrogens is 1. The molecule has 2 aliphatic carbocycles. The summed E-state index contributed by atoms with van der Waals surface area (Å²) in [6.45, 7) is 0. The maximum Gasteiger partial charge on any atom is 0.338 e. The minimum Gasteiger partial charge on any atom is -0.495 e. The van der Waals surface area contributed by atoms with Gasteiger partial charge in [0, 0.05) is 18.5 Å². The molecule has 0 spiro atoms. The maximum absolute atomic E-state index is 14.2. The van der Waals surface area contributed by atoms with Crippen molar-refractivity contribution in [3.63, 3.8) is 0 Å². The van der Waals surface area contributed by atoms with Crippen LogP contribution in [0.25, 0.3) is 0 Å². The van der Waals surface area contributed by atoms with Gasteiger partial charge in [0.05, 0.1) is 18.4 Å². The Labute approximate surface area is 212 Å². The highest BCUT2D eigenvalue weighted by Crippen LogP contribution is 2.41. The molecule has 0 bridgehead atoms. The van der Waals surface area contributed by atoms with E-state index in [1.165, 1.54) is 58.3 Å². The molecule has 0 amide bonds. The van der Waals surface area contributed by atoms with Crippen LogP contribution in [-0.2, 0) is 10.0 Å². The average molecular weight is 519 g/mol. The largest absolute Gasteiger partial charge is 0.495 e. The van der Waals surface area contributed by atoms with Crippen LogP contribution in [0.5, 0.6) is 5.75 Å². The molecule has 0 saturated heterocycles. The predicted molar refractivity (Wildman–Crippen MR) is 135 cm³/mol. The Balaban J connectivity index is 1.50. The lowest BCUT2D eigenvalue weighted by Gasteiger charge is -2.25. The molecule has 1 heterocycles. The van der Waals surface area contributed by atoms with Gasteiger partial charge in [-0.15, -0.1) is 0 Å². The number of halogens is 1. The van der Waals surface area contributed by atoms with E-state index in [9.17, 15) is 17.6 Å². The number of carbonyl (C=O) groups is 1. The highest BCUT2D eigenvalue weighted by atomic mass is 32.2. The standard InChI is InChI=1S/C27H35FN2O5S/c1-35-26-14-23(27(31)32)24(28)15-25(26)30-36(33,34)22-13-21(16-29-17-22)20-10-6-9-19(11-12-20)18-7-4-2-3-5-8-18/h13-20,30H,2-12H2,1H3,(H,31,32). The number of pyridine rings is 1. The van der Waals surface area contributed by atoms with Gasteiger partial charge in [0.2, 0.25) is 0 Å². The molecule has 1 aromatic carbocycles. The smallest absolute Gasteiger partial charge is 0.338 e. The van der Waals surface area contributed by atoms with Crippen molar-refractivity contribution in [1.29, 1.82) is 0 Å². The monoisotopic (exact) mass is 518 g/mol. The van der Waals surface area contributed by atoms with Gasteiger partial charge >= 0.3 is 5.97 Å². The Morgan fingerprint density at radius 1 is 0.972 bits per heavy atom.